The van der Waals surface area contributed by atoms with Crippen molar-refractivity contribution < 1.29 is 9.21 Å². The molecule has 4 aromatic rings. The Kier molecular flexibility index (Phi) is 7.61. The normalized spacial score (nSPS) is 15.6. The number of carbonyl (C=O) groups excluding carboxylic acids is 1. The Morgan fingerprint density at radius 1 is 1.11 bits per heavy atom. The third-order valence-electron chi connectivity index (χ3n) is 6.87. The number of aliphatic imine (C=N–C) groups is 1. The molecule has 1 aliphatic carbocycles. The summed E-state index contributed by atoms with van der Waals surface area (Å²) >= 11 is 9.94. The molecule has 0 radical (unpaired) electrons. The number of furan rings is 1. The van der Waals surface area contributed by atoms with E-state index < -0.39 is 0 Å². The maximum absolute atomic E-state index is 13.5. The van der Waals surface area contributed by atoms with Gasteiger partial charge in [0, 0.05) is 24.7 Å². The number of nitrogens with zero attached hydrogens (tertiary/aromatic N) is 1. The van der Waals surface area contributed by atoms with Crippen LogP contribution in [0.2, 0.25) is 5.02 Å². The molecule has 0 bridgehead atoms. The van der Waals surface area contributed by atoms with Crippen molar-refractivity contribution in [2.75, 3.05) is 5.32 Å². The van der Waals surface area contributed by atoms with Gasteiger partial charge in [0.05, 0.1) is 11.8 Å². The third-order valence-corrected chi connectivity index (χ3v) is 9.00. The van der Waals surface area contributed by atoms with E-state index in [0.29, 0.717) is 28.0 Å². The maximum atomic E-state index is 13.5. The van der Waals surface area contributed by atoms with Gasteiger partial charge in [0.25, 0.3) is 5.91 Å². The number of rotatable bonds is 5. The van der Waals surface area contributed by atoms with Crippen LogP contribution in [0.4, 0.5) is 10.7 Å². The first kappa shape index (κ1) is 26.2. The van der Waals surface area contributed by atoms with Crippen LogP contribution < -0.4 is 5.32 Å². The molecule has 0 spiro atoms. The van der Waals surface area contributed by atoms with E-state index in [9.17, 15) is 4.79 Å². The minimum atomic E-state index is -0.139. The van der Waals surface area contributed by atoms with E-state index in [2.05, 4.69) is 60.8 Å². The summed E-state index contributed by atoms with van der Waals surface area (Å²) in [6, 6.07) is 19.2. The average molecular weight is 643 g/mol. The number of halogens is 2. The van der Waals surface area contributed by atoms with Gasteiger partial charge in [-0.05, 0) is 107 Å². The van der Waals surface area contributed by atoms with Crippen LogP contribution in [0.1, 0.15) is 53.8 Å². The molecule has 2 heterocycles. The highest BCUT2D eigenvalue weighted by molar-refractivity contribution is 14.1. The molecule has 2 aromatic carbocycles. The number of thiophene rings is 1. The van der Waals surface area contributed by atoms with Crippen LogP contribution in [0.15, 0.2) is 70.1 Å². The van der Waals surface area contributed by atoms with Crippen molar-refractivity contribution in [3.63, 3.8) is 0 Å². The van der Waals surface area contributed by atoms with E-state index in [-0.39, 0.29) is 11.3 Å². The number of benzene rings is 2. The topological polar surface area (TPSA) is 54.6 Å². The number of fused-ring (bicyclic) bond motifs is 1. The van der Waals surface area contributed by atoms with Crippen LogP contribution in [-0.2, 0) is 12.8 Å². The molecule has 7 heteroatoms. The molecule has 37 heavy (non-hydrogen) atoms. The lowest BCUT2D eigenvalue weighted by atomic mass is 9.72. The van der Waals surface area contributed by atoms with E-state index in [0.717, 1.165) is 41.2 Å². The summed E-state index contributed by atoms with van der Waals surface area (Å²) in [5.41, 5.74) is 3.74. The van der Waals surface area contributed by atoms with Crippen LogP contribution in [0.25, 0.3) is 11.3 Å². The maximum Gasteiger partial charge on any atom is 0.259 e. The van der Waals surface area contributed by atoms with Crippen LogP contribution >= 0.6 is 45.5 Å². The van der Waals surface area contributed by atoms with Gasteiger partial charge in [-0.1, -0.05) is 44.5 Å². The monoisotopic (exact) mass is 642 g/mol. The van der Waals surface area contributed by atoms with E-state index in [1.807, 2.05) is 36.4 Å². The molecule has 0 fully saturated rings. The Bertz CT molecular complexity index is 1450. The molecule has 190 valence electrons. The Hall–Kier alpha value is -2.42. The minimum Gasteiger partial charge on any atom is -0.455 e. The lowest BCUT2D eigenvalue weighted by Crippen LogP contribution is -2.27. The van der Waals surface area contributed by atoms with Crippen LogP contribution in [0, 0.1) is 14.9 Å². The number of carbonyl (C=O) groups is 1. The molecule has 5 rings (SSSR count). The summed E-state index contributed by atoms with van der Waals surface area (Å²) in [4.78, 5) is 19.6. The van der Waals surface area contributed by atoms with Gasteiger partial charge in [0.1, 0.15) is 16.5 Å². The second-order valence-electron chi connectivity index (χ2n) is 10.4. The summed E-state index contributed by atoms with van der Waals surface area (Å²) < 4.78 is 7.22. The summed E-state index contributed by atoms with van der Waals surface area (Å²) in [5.74, 6) is 1.87. The highest BCUT2D eigenvalue weighted by Gasteiger charge is 2.33. The van der Waals surface area contributed by atoms with Gasteiger partial charge in [0.2, 0.25) is 0 Å². The molecule has 0 aliphatic heterocycles. The average Bonchev–Trinajstić information content (AvgIpc) is 3.48. The van der Waals surface area contributed by atoms with E-state index >= 15 is 0 Å². The van der Waals surface area contributed by atoms with Crippen molar-refractivity contribution >= 4 is 68.3 Å². The second kappa shape index (κ2) is 10.8. The van der Waals surface area contributed by atoms with Gasteiger partial charge in [-0.3, -0.25) is 4.79 Å². The Morgan fingerprint density at radius 2 is 1.84 bits per heavy atom. The molecule has 0 saturated carbocycles. The smallest absolute Gasteiger partial charge is 0.259 e. The van der Waals surface area contributed by atoms with Gasteiger partial charge < -0.3 is 9.73 Å². The standard InChI is InChI=1S/C30H28ClIN2O2S/c1-30(2,3)19-6-14-24-26(16-19)37-29(27(24)28(35)34-22-11-7-20(31)8-12-22)33-17-23-13-15-25(36-23)18-4-9-21(32)10-5-18/h4-5,7-13,15,17,19H,6,14,16H2,1-3H3,(H,34,35)/t19-/m1/s1. The van der Waals surface area contributed by atoms with Crippen molar-refractivity contribution in [3.05, 3.63) is 91.0 Å². The van der Waals surface area contributed by atoms with Gasteiger partial charge in [-0.2, -0.15) is 0 Å². The lowest BCUT2D eigenvalue weighted by molar-refractivity contribution is 0.102. The fraction of sp³-hybridized carbons (Fsp3) is 0.267. The molecule has 1 N–H and O–H groups in total. The third kappa shape index (κ3) is 6.02. The zero-order valence-corrected chi connectivity index (χ0v) is 24.7. The Labute approximate surface area is 240 Å². The molecule has 1 aliphatic rings. The highest BCUT2D eigenvalue weighted by atomic mass is 127. The summed E-state index contributed by atoms with van der Waals surface area (Å²) in [5, 5.41) is 4.40. The Morgan fingerprint density at radius 3 is 2.54 bits per heavy atom. The molecule has 0 unspecified atom stereocenters. The predicted octanol–water partition coefficient (Wildman–Crippen LogP) is 9.42. The summed E-state index contributed by atoms with van der Waals surface area (Å²) in [6.45, 7) is 6.89. The number of hydrogen-bond acceptors (Lipinski definition) is 4. The van der Waals surface area contributed by atoms with Gasteiger partial charge in [-0.15, -0.1) is 11.3 Å². The lowest BCUT2D eigenvalue weighted by Gasteiger charge is -2.33. The van der Waals surface area contributed by atoms with Gasteiger partial charge in [-0.25, -0.2) is 4.99 Å². The number of nitrogens with one attached hydrogen (secondary N) is 1. The second-order valence-corrected chi connectivity index (χ2v) is 13.2. The minimum absolute atomic E-state index is 0.139. The number of anilines is 1. The Balaban J connectivity index is 1.46. The fourth-order valence-electron chi connectivity index (χ4n) is 4.68. The van der Waals surface area contributed by atoms with E-state index in [1.165, 1.54) is 8.45 Å². The van der Waals surface area contributed by atoms with E-state index in [1.54, 1.807) is 29.7 Å². The predicted molar refractivity (Wildman–Crippen MR) is 163 cm³/mol. The first-order valence-corrected chi connectivity index (χ1v) is 14.6. The molecular formula is C30H28ClIN2O2S. The van der Waals surface area contributed by atoms with Crippen molar-refractivity contribution in [1.29, 1.82) is 0 Å². The number of amides is 1. The van der Waals surface area contributed by atoms with Crippen molar-refractivity contribution in [1.82, 2.24) is 0 Å². The highest BCUT2D eigenvalue weighted by Crippen LogP contribution is 2.45. The number of hydrogen-bond donors (Lipinski definition) is 1. The molecule has 1 atom stereocenters. The van der Waals surface area contributed by atoms with Gasteiger partial charge >= 0.3 is 0 Å². The zero-order chi connectivity index (χ0) is 26.2. The SMILES string of the molecule is CC(C)(C)[C@@H]1CCc2c(sc(N=Cc3ccc(-c4ccc(I)cc4)o3)c2C(=O)Nc2ccc(Cl)cc2)C1. The van der Waals surface area contributed by atoms with Crippen molar-refractivity contribution in [2.45, 2.75) is 40.0 Å². The summed E-state index contributed by atoms with van der Waals surface area (Å²) in [7, 11) is 0. The molecule has 4 nitrogen and oxygen atoms in total. The van der Waals surface area contributed by atoms with Crippen LogP contribution in [0.3, 0.4) is 0 Å². The van der Waals surface area contributed by atoms with E-state index in [4.69, 9.17) is 21.0 Å². The molecular weight excluding hydrogens is 615 g/mol. The zero-order valence-electron chi connectivity index (χ0n) is 21.0. The first-order chi connectivity index (χ1) is 17.7. The molecule has 2 aromatic heterocycles. The summed E-state index contributed by atoms with van der Waals surface area (Å²) in [6.07, 6.45) is 4.63. The van der Waals surface area contributed by atoms with Crippen LogP contribution in [-0.4, -0.2) is 12.1 Å². The fourth-order valence-corrected chi connectivity index (χ4v) is 6.43. The van der Waals surface area contributed by atoms with Crippen molar-refractivity contribution in [2.24, 2.45) is 16.3 Å². The largest absolute Gasteiger partial charge is 0.455 e. The molecule has 1 amide bonds. The first-order valence-electron chi connectivity index (χ1n) is 12.3. The van der Waals surface area contributed by atoms with Crippen molar-refractivity contribution in [3.8, 4) is 11.3 Å². The quantitative estimate of drug-likeness (QED) is 0.174. The van der Waals surface area contributed by atoms with Crippen LogP contribution in [0.5, 0.6) is 0 Å². The molecule has 0 saturated heterocycles. The van der Waals surface area contributed by atoms with Gasteiger partial charge in [0.15, 0.2) is 0 Å².